The van der Waals surface area contributed by atoms with E-state index in [1.165, 1.54) is 0 Å². The molecule has 2 N–H and O–H groups in total. The Balaban J connectivity index is 0.00000144. The van der Waals surface area contributed by atoms with Crippen LogP contribution < -0.4 is 5.73 Å². The third-order valence-electron chi connectivity index (χ3n) is 1.35. The van der Waals surface area contributed by atoms with E-state index in [2.05, 4.69) is 12.6 Å². The van der Waals surface area contributed by atoms with Crippen molar-refractivity contribution in [3.63, 3.8) is 0 Å². The van der Waals surface area contributed by atoms with Gasteiger partial charge in [0.25, 0.3) is 0 Å². The Labute approximate surface area is 110 Å². The first-order chi connectivity index (χ1) is 5.41. The Morgan fingerprint density at radius 3 is 2.15 bits per heavy atom. The fourth-order valence-corrected chi connectivity index (χ4v) is 1.22. The molecule has 66 valence electrons. The summed E-state index contributed by atoms with van der Waals surface area (Å²) >= 11 is 21.0. The molecule has 1 aromatic rings. The van der Waals surface area contributed by atoms with E-state index in [1.807, 2.05) is 0 Å². The molecule has 0 saturated carbocycles. The number of halogens is 3. The van der Waals surface area contributed by atoms with E-state index in [4.69, 9.17) is 40.5 Å². The maximum Gasteiger partial charge on any atom is 2.00 e. The standard InChI is InChI=1S/C7H6Cl3NS.Zn/c8-7(9,10)4-1-2-6(12)5(11)3-4;/h1-3,12H,11H2;/q;+2. The van der Waals surface area contributed by atoms with Gasteiger partial charge in [-0.1, -0.05) is 40.9 Å². The monoisotopic (exact) mass is 305 g/mol. The zero-order valence-corrected chi connectivity index (χ0v) is 12.7. The smallest absolute Gasteiger partial charge is 0.398 e. The van der Waals surface area contributed by atoms with Crippen LogP contribution in [0, 0.1) is 0 Å². The summed E-state index contributed by atoms with van der Waals surface area (Å²) in [6, 6.07) is 4.96. The first-order valence-corrected chi connectivity index (χ1v) is 4.65. The predicted molar refractivity (Wildman–Crippen MR) is 57.3 cm³/mol. The second-order valence-electron chi connectivity index (χ2n) is 2.27. The third kappa shape index (κ3) is 3.85. The van der Waals surface area contributed by atoms with Gasteiger partial charge >= 0.3 is 19.5 Å². The van der Waals surface area contributed by atoms with Crippen molar-refractivity contribution in [2.45, 2.75) is 8.69 Å². The van der Waals surface area contributed by atoms with Crippen molar-refractivity contribution >= 4 is 53.1 Å². The van der Waals surface area contributed by atoms with Crippen molar-refractivity contribution in [3.05, 3.63) is 23.8 Å². The van der Waals surface area contributed by atoms with Crippen molar-refractivity contribution in [1.82, 2.24) is 0 Å². The van der Waals surface area contributed by atoms with Crippen LogP contribution >= 0.6 is 47.4 Å². The summed E-state index contributed by atoms with van der Waals surface area (Å²) < 4.78 is -1.42. The van der Waals surface area contributed by atoms with Gasteiger partial charge in [-0.25, -0.2) is 0 Å². The normalized spacial score (nSPS) is 10.8. The van der Waals surface area contributed by atoms with Gasteiger partial charge in [0.15, 0.2) is 0 Å². The molecule has 0 unspecified atom stereocenters. The molecule has 0 aliphatic heterocycles. The molecule has 1 rings (SSSR count). The van der Waals surface area contributed by atoms with E-state index in [0.29, 0.717) is 16.1 Å². The zero-order valence-electron chi connectivity index (χ0n) is 6.60. The van der Waals surface area contributed by atoms with Gasteiger partial charge in [0, 0.05) is 16.1 Å². The molecule has 0 heterocycles. The summed E-state index contributed by atoms with van der Waals surface area (Å²) in [5.41, 5.74) is 6.61. The SMILES string of the molecule is Nc1cc(C(Cl)(Cl)Cl)ccc1S.[Zn+2]. The van der Waals surface area contributed by atoms with Gasteiger partial charge in [-0.2, -0.15) is 0 Å². The van der Waals surface area contributed by atoms with Gasteiger partial charge in [0.05, 0.1) is 0 Å². The molecule has 0 aromatic heterocycles. The van der Waals surface area contributed by atoms with E-state index in [-0.39, 0.29) is 19.5 Å². The number of rotatable bonds is 0. The van der Waals surface area contributed by atoms with Crippen LogP contribution in [-0.4, -0.2) is 0 Å². The van der Waals surface area contributed by atoms with Crippen LogP contribution in [0.3, 0.4) is 0 Å². The molecule has 0 fully saturated rings. The maximum absolute atomic E-state index is 5.63. The number of nitrogens with two attached hydrogens (primary N) is 1. The number of anilines is 1. The maximum atomic E-state index is 5.63. The minimum Gasteiger partial charge on any atom is -0.398 e. The van der Waals surface area contributed by atoms with Crippen molar-refractivity contribution in [1.29, 1.82) is 0 Å². The second-order valence-corrected chi connectivity index (χ2v) is 5.03. The Bertz CT molecular complexity index is 300. The molecule has 0 radical (unpaired) electrons. The molecular weight excluding hydrogens is 302 g/mol. The summed E-state index contributed by atoms with van der Waals surface area (Å²) in [6.07, 6.45) is 0. The van der Waals surface area contributed by atoms with Gasteiger partial charge in [0.1, 0.15) is 0 Å². The van der Waals surface area contributed by atoms with Crippen LogP contribution in [0.2, 0.25) is 0 Å². The number of alkyl halides is 3. The van der Waals surface area contributed by atoms with E-state index in [1.54, 1.807) is 18.2 Å². The van der Waals surface area contributed by atoms with Gasteiger partial charge < -0.3 is 5.73 Å². The quantitative estimate of drug-likeness (QED) is 0.327. The van der Waals surface area contributed by atoms with Gasteiger partial charge in [0.2, 0.25) is 3.79 Å². The van der Waals surface area contributed by atoms with Gasteiger partial charge in [-0.05, 0) is 12.1 Å². The summed E-state index contributed by atoms with van der Waals surface area (Å²) in [6.45, 7) is 0. The fourth-order valence-electron chi connectivity index (χ4n) is 0.731. The molecule has 6 heteroatoms. The first-order valence-electron chi connectivity index (χ1n) is 3.07. The molecule has 1 aromatic carbocycles. The molecule has 0 amide bonds. The fraction of sp³-hybridized carbons (Fsp3) is 0.143. The predicted octanol–water partition coefficient (Wildman–Crippen LogP) is 3.38. The van der Waals surface area contributed by atoms with E-state index < -0.39 is 3.79 Å². The van der Waals surface area contributed by atoms with Crippen LogP contribution in [0.4, 0.5) is 5.69 Å². The molecule has 0 aliphatic carbocycles. The zero-order chi connectivity index (χ0) is 9.35. The van der Waals surface area contributed by atoms with Crippen LogP contribution in [0.1, 0.15) is 5.56 Å². The number of benzene rings is 1. The topological polar surface area (TPSA) is 26.0 Å². The minimum absolute atomic E-state index is 0. The van der Waals surface area contributed by atoms with E-state index in [9.17, 15) is 0 Å². The Kier molecular flexibility index (Phi) is 5.43. The molecule has 1 nitrogen and oxygen atoms in total. The van der Waals surface area contributed by atoms with Crippen LogP contribution in [-0.2, 0) is 23.3 Å². The average Bonchev–Trinajstić information content (AvgIpc) is 1.92. The Morgan fingerprint density at radius 1 is 1.23 bits per heavy atom. The largest absolute Gasteiger partial charge is 2.00 e. The van der Waals surface area contributed by atoms with E-state index >= 15 is 0 Å². The summed E-state index contributed by atoms with van der Waals surface area (Å²) in [5, 5.41) is 0. The molecule has 0 spiro atoms. The Morgan fingerprint density at radius 2 is 1.77 bits per heavy atom. The second kappa shape index (κ2) is 5.09. The van der Waals surface area contributed by atoms with Crippen molar-refractivity contribution in [3.8, 4) is 0 Å². The summed E-state index contributed by atoms with van der Waals surface area (Å²) in [4.78, 5) is 0.674. The molecule has 13 heavy (non-hydrogen) atoms. The van der Waals surface area contributed by atoms with Gasteiger partial charge in [-0.15, -0.1) is 12.6 Å². The molecule has 0 bridgehead atoms. The molecule has 0 saturated heterocycles. The van der Waals surface area contributed by atoms with E-state index in [0.717, 1.165) is 0 Å². The first kappa shape index (κ1) is 13.9. The third-order valence-corrected chi connectivity index (χ3v) is 2.42. The Hall–Kier alpha value is 0.863. The molecular formula is C7H6Cl3NSZn+2. The number of hydrogen-bond acceptors (Lipinski definition) is 2. The van der Waals surface area contributed by atoms with Crippen LogP contribution in [0.25, 0.3) is 0 Å². The number of thiol groups is 1. The van der Waals surface area contributed by atoms with Crippen LogP contribution in [0.5, 0.6) is 0 Å². The summed E-state index contributed by atoms with van der Waals surface area (Å²) in [5.74, 6) is 0. The average molecular weight is 308 g/mol. The van der Waals surface area contributed by atoms with Gasteiger partial charge in [-0.3, -0.25) is 0 Å². The minimum atomic E-state index is -1.42. The van der Waals surface area contributed by atoms with Crippen molar-refractivity contribution in [2.75, 3.05) is 5.73 Å². The summed E-state index contributed by atoms with van der Waals surface area (Å²) in [7, 11) is 0. The molecule has 0 atom stereocenters. The van der Waals surface area contributed by atoms with Crippen molar-refractivity contribution < 1.29 is 19.5 Å². The number of nitrogen functional groups attached to an aromatic ring is 1. The number of hydrogen-bond donors (Lipinski definition) is 2. The molecule has 0 aliphatic rings. The van der Waals surface area contributed by atoms with Crippen molar-refractivity contribution in [2.24, 2.45) is 0 Å². The van der Waals surface area contributed by atoms with Crippen LogP contribution in [0.15, 0.2) is 23.1 Å².